The first-order chi connectivity index (χ1) is 15.0. The SMILES string of the molecule is C=CCCn1ccc2cc(F)c(-c3nc(C4CC(C)C4)n4ccnc(N)c34)cc2c1=O. The highest BCUT2D eigenvalue weighted by Crippen LogP contribution is 2.43. The number of halogens is 1. The lowest BCUT2D eigenvalue weighted by Gasteiger charge is -2.31. The second-order valence-electron chi connectivity index (χ2n) is 8.43. The van der Waals surface area contributed by atoms with Crippen molar-refractivity contribution in [1.82, 2.24) is 18.9 Å². The predicted octanol–water partition coefficient (Wildman–Crippen LogP) is 4.52. The van der Waals surface area contributed by atoms with Crippen molar-refractivity contribution in [3.63, 3.8) is 0 Å². The zero-order valence-electron chi connectivity index (χ0n) is 17.4. The molecule has 1 aliphatic rings. The van der Waals surface area contributed by atoms with Crippen LogP contribution in [0.4, 0.5) is 10.2 Å². The van der Waals surface area contributed by atoms with Crippen LogP contribution >= 0.6 is 0 Å². The fraction of sp³-hybridized carbons (Fsp3) is 0.292. The summed E-state index contributed by atoms with van der Waals surface area (Å²) in [5, 5.41) is 1.01. The minimum absolute atomic E-state index is 0.164. The molecule has 2 N–H and O–H groups in total. The van der Waals surface area contributed by atoms with Gasteiger partial charge >= 0.3 is 0 Å². The fourth-order valence-electron chi connectivity index (χ4n) is 4.57. The van der Waals surface area contributed by atoms with Crippen molar-refractivity contribution >= 4 is 22.1 Å². The summed E-state index contributed by atoms with van der Waals surface area (Å²) < 4.78 is 18.8. The molecule has 3 aromatic heterocycles. The van der Waals surface area contributed by atoms with Crippen LogP contribution in [0.3, 0.4) is 0 Å². The van der Waals surface area contributed by atoms with Crippen molar-refractivity contribution < 1.29 is 4.39 Å². The molecule has 4 aromatic rings. The number of aryl methyl sites for hydroxylation is 1. The summed E-state index contributed by atoms with van der Waals surface area (Å²) in [7, 11) is 0. The Labute approximate surface area is 178 Å². The molecular formula is C24H24FN5O. The predicted molar refractivity (Wildman–Crippen MR) is 121 cm³/mol. The highest BCUT2D eigenvalue weighted by Gasteiger charge is 2.32. The Bertz CT molecular complexity index is 1380. The fourth-order valence-corrected chi connectivity index (χ4v) is 4.57. The Hall–Kier alpha value is -3.48. The molecule has 31 heavy (non-hydrogen) atoms. The number of nitrogen functional groups attached to an aromatic ring is 1. The van der Waals surface area contributed by atoms with E-state index in [1.807, 2.05) is 10.6 Å². The van der Waals surface area contributed by atoms with Gasteiger partial charge in [-0.1, -0.05) is 13.0 Å². The summed E-state index contributed by atoms with van der Waals surface area (Å²) in [4.78, 5) is 22.0. The monoisotopic (exact) mass is 417 g/mol. The van der Waals surface area contributed by atoms with Gasteiger partial charge in [-0.15, -0.1) is 6.58 Å². The second-order valence-corrected chi connectivity index (χ2v) is 8.43. The number of nitrogens with zero attached hydrogens (tertiary/aromatic N) is 4. The Morgan fingerprint density at radius 1 is 1.32 bits per heavy atom. The lowest BCUT2D eigenvalue weighted by Crippen LogP contribution is -2.21. The van der Waals surface area contributed by atoms with Crippen LogP contribution in [0.5, 0.6) is 0 Å². The van der Waals surface area contributed by atoms with E-state index < -0.39 is 5.82 Å². The van der Waals surface area contributed by atoms with E-state index in [0.29, 0.717) is 52.6 Å². The van der Waals surface area contributed by atoms with Gasteiger partial charge in [0.15, 0.2) is 0 Å². The molecule has 5 rings (SSSR count). The molecule has 158 valence electrons. The van der Waals surface area contributed by atoms with Crippen LogP contribution in [0.25, 0.3) is 27.5 Å². The number of pyridine rings is 1. The molecule has 1 saturated carbocycles. The van der Waals surface area contributed by atoms with E-state index in [-0.39, 0.29) is 11.1 Å². The molecule has 0 atom stereocenters. The first kappa shape index (κ1) is 19.5. The molecule has 0 amide bonds. The topological polar surface area (TPSA) is 78.2 Å². The van der Waals surface area contributed by atoms with Crippen LogP contribution in [0.2, 0.25) is 0 Å². The van der Waals surface area contributed by atoms with E-state index in [4.69, 9.17) is 10.7 Å². The number of imidazole rings is 1. The molecule has 0 spiro atoms. The molecule has 0 bridgehead atoms. The van der Waals surface area contributed by atoms with Crippen LogP contribution in [0, 0.1) is 11.7 Å². The zero-order chi connectivity index (χ0) is 21.7. The van der Waals surface area contributed by atoms with E-state index in [9.17, 15) is 4.79 Å². The number of hydrogen-bond acceptors (Lipinski definition) is 4. The summed E-state index contributed by atoms with van der Waals surface area (Å²) in [5.41, 5.74) is 7.31. The molecule has 3 heterocycles. The van der Waals surface area contributed by atoms with Crippen LogP contribution in [0.1, 0.15) is 37.9 Å². The first-order valence-electron chi connectivity index (χ1n) is 10.5. The van der Waals surface area contributed by atoms with Crippen molar-refractivity contribution in [3.8, 4) is 11.3 Å². The first-order valence-corrected chi connectivity index (χ1v) is 10.5. The maximum atomic E-state index is 15.2. The Morgan fingerprint density at radius 2 is 2.13 bits per heavy atom. The highest BCUT2D eigenvalue weighted by molar-refractivity contribution is 5.92. The number of benzene rings is 1. The highest BCUT2D eigenvalue weighted by atomic mass is 19.1. The van der Waals surface area contributed by atoms with Gasteiger partial charge in [0.25, 0.3) is 5.56 Å². The van der Waals surface area contributed by atoms with Crippen molar-refractivity contribution in [1.29, 1.82) is 0 Å². The third kappa shape index (κ3) is 3.12. The normalized spacial score (nSPS) is 18.4. The third-order valence-electron chi connectivity index (χ3n) is 6.24. The summed E-state index contributed by atoms with van der Waals surface area (Å²) in [5.74, 6) is 1.67. The molecule has 1 fully saturated rings. The van der Waals surface area contributed by atoms with Crippen LogP contribution < -0.4 is 11.3 Å². The molecule has 1 aliphatic carbocycles. The maximum Gasteiger partial charge on any atom is 0.258 e. The Morgan fingerprint density at radius 3 is 2.87 bits per heavy atom. The van der Waals surface area contributed by atoms with E-state index in [1.54, 1.807) is 35.2 Å². The lowest BCUT2D eigenvalue weighted by molar-refractivity contribution is 0.277. The van der Waals surface area contributed by atoms with Crippen molar-refractivity contribution in [2.45, 2.75) is 38.6 Å². The Kier molecular flexibility index (Phi) is 4.61. The smallest absolute Gasteiger partial charge is 0.258 e. The van der Waals surface area contributed by atoms with Gasteiger partial charge in [-0.05, 0) is 48.8 Å². The second kappa shape index (κ2) is 7.34. The summed E-state index contributed by atoms with van der Waals surface area (Å²) in [6.07, 6.45) is 9.66. The molecule has 0 unspecified atom stereocenters. The summed E-state index contributed by atoms with van der Waals surface area (Å²) >= 11 is 0. The van der Waals surface area contributed by atoms with Gasteiger partial charge in [0.2, 0.25) is 0 Å². The minimum atomic E-state index is -0.437. The number of nitrogens with two attached hydrogens (primary N) is 1. The molecule has 7 heteroatoms. The van der Waals surface area contributed by atoms with Gasteiger partial charge in [-0.3, -0.25) is 9.20 Å². The Balaban J connectivity index is 1.73. The number of anilines is 1. The van der Waals surface area contributed by atoms with Crippen molar-refractivity contribution in [3.05, 3.63) is 71.4 Å². The van der Waals surface area contributed by atoms with Crippen molar-refractivity contribution in [2.75, 3.05) is 5.73 Å². The number of fused-ring (bicyclic) bond motifs is 2. The zero-order valence-corrected chi connectivity index (χ0v) is 17.4. The van der Waals surface area contributed by atoms with Gasteiger partial charge in [-0.2, -0.15) is 0 Å². The van der Waals surface area contributed by atoms with E-state index in [0.717, 1.165) is 18.7 Å². The number of aromatic nitrogens is 4. The molecule has 0 saturated heterocycles. The molecule has 0 aliphatic heterocycles. The maximum absolute atomic E-state index is 15.2. The largest absolute Gasteiger partial charge is 0.382 e. The van der Waals surface area contributed by atoms with E-state index in [2.05, 4.69) is 18.5 Å². The van der Waals surface area contributed by atoms with Gasteiger partial charge in [-0.25, -0.2) is 14.4 Å². The van der Waals surface area contributed by atoms with Crippen molar-refractivity contribution in [2.24, 2.45) is 5.92 Å². The van der Waals surface area contributed by atoms with Gasteiger partial charge < -0.3 is 10.3 Å². The average molecular weight is 417 g/mol. The van der Waals surface area contributed by atoms with Gasteiger partial charge in [0.05, 0.1) is 0 Å². The third-order valence-corrected chi connectivity index (χ3v) is 6.24. The molecule has 0 radical (unpaired) electrons. The van der Waals surface area contributed by atoms with Gasteiger partial charge in [0.1, 0.15) is 28.7 Å². The minimum Gasteiger partial charge on any atom is -0.382 e. The standard InChI is InChI=1S/C24H24FN5O/c1-3-4-7-29-8-5-15-12-19(25)18(13-17(15)24(29)31)20-21-22(26)27-6-9-30(21)23(28-20)16-10-14(2)11-16/h3,5-6,8-9,12-14,16H,1,4,7,10-11H2,2H3,(H2,26,27). The average Bonchev–Trinajstić information content (AvgIpc) is 3.11. The number of hydrogen-bond donors (Lipinski definition) is 1. The lowest BCUT2D eigenvalue weighted by atomic mass is 9.76. The van der Waals surface area contributed by atoms with E-state index >= 15 is 4.39 Å². The quantitative estimate of drug-likeness (QED) is 0.484. The van der Waals surface area contributed by atoms with Crippen LogP contribution in [-0.4, -0.2) is 18.9 Å². The van der Waals surface area contributed by atoms with Crippen LogP contribution in [0.15, 0.2) is 54.2 Å². The van der Waals surface area contributed by atoms with Crippen LogP contribution in [-0.2, 0) is 6.54 Å². The van der Waals surface area contributed by atoms with Gasteiger partial charge in [0, 0.05) is 42.0 Å². The molecule has 1 aromatic carbocycles. The molecule has 6 nitrogen and oxygen atoms in total. The number of rotatable bonds is 5. The number of allylic oxidation sites excluding steroid dienone is 1. The summed E-state index contributed by atoms with van der Waals surface area (Å²) in [6.45, 7) is 6.45. The molecular weight excluding hydrogens is 393 g/mol. The summed E-state index contributed by atoms with van der Waals surface area (Å²) in [6, 6.07) is 4.75. The van der Waals surface area contributed by atoms with E-state index in [1.165, 1.54) is 6.07 Å².